The van der Waals surface area contributed by atoms with Gasteiger partial charge in [0.2, 0.25) is 5.91 Å². The first-order valence-corrected chi connectivity index (χ1v) is 9.18. The van der Waals surface area contributed by atoms with Crippen LogP contribution in [0.25, 0.3) is 16.9 Å². The van der Waals surface area contributed by atoms with Gasteiger partial charge in [0.25, 0.3) is 0 Å². The van der Waals surface area contributed by atoms with Gasteiger partial charge in [0.15, 0.2) is 0 Å². The highest BCUT2D eigenvalue weighted by atomic mass is 16.5. The lowest BCUT2D eigenvalue weighted by Crippen LogP contribution is -2.20. The van der Waals surface area contributed by atoms with Crippen LogP contribution in [0.5, 0.6) is 5.75 Å². The van der Waals surface area contributed by atoms with E-state index in [0.717, 1.165) is 34.0 Å². The zero-order valence-corrected chi connectivity index (χ0v) is 16.6. The van der Waals surface area contributed by atoms with E-state index in [1.165, 1.54) is 5.56 Å². The van der Waals surface area contributed by atoms with Crippen LogP contribution in [0.15, 0.2) is 48.5 Å². The van der Waals surface area contributed by atoms with E-state index >= 15 is 0 Å². The van der Waals surface area contributed by atoms with E-state index in [2.05, 4.69) is 31.2 Å². The van der Waals surface area contributed by atoms with Crippen LogP contribution in [0.4, 0.5) is 0 Å². The first kappa shape index (κ1) is 19.6. The molecule has 0 fully saturated rings. The van der Waals surface area contributed by atoms with Crippen molar-refractivity contribution in [1.82, 2.24) is 15.3 Å². The molecule has 0 saturated carbocycles. The fourth-order valence-electron chi connectivity index (χ4n) is 3.36. The van der Waals surface area contributed by atoms with Gasteiger partial charge in [0.1, 0.15) is 5.75 Å². The van der Waals surface area contributed by atoms with E-state index in [9.17, 15) is 4.79 Å². The molecule has 0 radical (unpaired) electrons. The molecule has 1 aromatic heterocycles. The number of benzene rings is 2. The van der Waals surface area contributed by atoms with Crippen LogP contribution in [0.1, 0.15) is 36.1 Å². The highest BCUT2D eigenvalue weighted by Gasteiger charge is 2.22. The van der Waals surface area contributed by atoms with Gasteiger partial charge in [0, 0.05) is 17.9 Å². The Morgan fingerprint density at radius 2 is 1.79 bits per heavy atom. The molecule has 3 rings (SSSR count). The lowest BCUT2D eigenvalue weighted by atomic mass is 9.97. The largest absolute Gasteiger partial charge is 0.497 e. The van der Waals surface area contributed by atoms with Crippen LogP contribution < -0.4 is 10.2 Å². The van der Waals surface area contributed by atoms with Gasteiger partial charge in [-0.1, -0.05) is 36.8 Å². The van der Waals surface area contributed by atoms with Gasteiger partial charge in [-0.2, -0.15) is 5.10 Å². The van der Waals surface area contributed by atoms with Crippen molar-refractivity contribution in [1.29, 1.82) is 0 Å². The zero-order valence-electron chi connectivity index (χ0n) is 16.6. The van der Waals surface area contributed by atoms with Crippen LogP contribution in [0.2, 0.25) is 0 Å². The number of hydrogen-bond donors (Lipinski definition) is 2. The van der Waals surface area contributed by atoms with Crippen LogP contribution in [0, 0.1) is 13.8 Å². The van der Waals surface area contributed by atoms with Gasteiger partial charge in [-0.25, -0.2) is 10.2 Å². The smallest absolute Gasteiger partial charge is 0.243 e. The lowest BCUT2D eigenvalue weighted by molar-refractivity contribution is -0.129. The Labute approximate surface area is 164 Å². The number of amides is 1. The predicted octanol–water partition coefficient (Wildman–Crippen LogP) is 4.16. The molecular formula is C22H25N3O3. The summed E-state index contributed by atoms with van der Waals surface area (Å²) in [5.41, 5.74) is 7.67. The molecule has 0 saturated heterocycles. The van der Waals surface area contributed by atoms with E-state index in [0.29, 0.717) is 0 Å². The highest BCUT2D eigenvalue weighted by molar-refractivity contribution is 5.76. The van der Waals surface area contributed by atoms with Crippen LogP contribution in [-0.2, 0) is 4.79 Å². The second-order valence-electron chi connectivity index (χ2n) is 6.97. The van der Waals surface area contributed by atoms with Gasteiger partial charge < -0.3 is 4.74 Å². The third-order valence-electron chi connectivity index (χ3n) is 4.88. The molecule has 146 valence electrons. The second-order valence-corrected chi connectivity index (χ2v) is 6.97. The average Bonchev–Trinajstić information content (AvgIpc) is 3.06. The summed E-state index contributed by atoms with van der Waals surface area (Å²) in [6.07, 6.45) is 0.157. The summed E-state index contributed by atoms with van der Waals surface area (Å²) < 4.78 is 7.16. The summed E-state index contributed by atoms with van der Waals surface area (Å²) in [5, 5.41) is 13.7. The van der Waals surface area contributed by atoms with Gasteiger partial charge in [-0.05, 0) is 43.7 Å². The number of rotatable bonds is 6. The quantitative estimate of drug-likeness (QED) is 0.498. The number of carbonyl (C=O) groups excluding carboxylic acids is 1. The molecule has 6 nitrogen and oxygen atoms in total. The predicted molar refractivity (Wildman–Crippen MR) is 108 cm³/mol. The minimum atomic E-state index is -0.428. The first-order valence-electron chi connectivity index (χ1n) is 9.18. The van der Waals surface area contributed by atoms with Gasteiger partial charge in [-0.3, -0.25) is 10.0 Å². The van der Waals surface area contributed by atoms with Gasteiger partial charge >= 0.3 is 0 Å². The Morgan fingerprint density at radius 1 is 1.14 bits per heavy atom. The van der Waals surface area contributed by atoms with Crippen molar-refractivity contribution in [2.24, 2.45) is 0 Å². The van der Waals surface area contributed by atoms with Crippen molar-refractivity contribution in [3.05, 3.63) is 65.4 Å². The number of aryl methyl sites for hydroxylation is 1. The molecule has 1 unspecified atom stereocenters. The molecular weight excluding hydrogens is 354 g/mol. The van der Waals surface area contributed by atoms with Crippen molar-refractivity contribution in [2.75, 3.05) is 7.11 Å². The third-order valence-corrected chi connectivity index (χ3v) is 4.88. The topological polar surface area (TPSA) is 76.4 Å². The highest BCUT2D eigenvalue weighted by Crippen LogP contribution is 2.33. The molecule has 0 spiro atoms. The van der Waals surface area contributed by atoms with Crippen molar-refractivity contribution >= 4 is 5.91 Å². The molecule has 0 bridgehead atoms. The summed E-state index contributed by atoms with van der Waals surface area (Å²) in [6, 6.07) is 16.0. The van der Waals surface area contributed by atoms with E-state index in [-0.39, 0.29) is 12.3 Å². The number of aromatic nitrogens is 2. The maximum absolute atomic E-state index is 11.6. The summed E-state index contributed by atoms with van der Waals surface area (Å²) >= 11 is 0. The number of carbonyl (C=O) groups is 1. The maximum Gasteiger partial charge on any atom is 0.243 e. The molecule has 2 N–H and O–H groups in total. The minimum absolute atomic E-state index is 0.143. The number of ether oxygens (including phenoxy) is 1. The maximum atomic E-state index is 11.6. The van der Waals surface area contributed by atoms with Crippen molar-refractivity contribution in [3.8, 4) is 22.7 Å². The van der Waals surface area contributed by atoms with Gasteiger partial charge in [0.05, 0.1) is 24.2 Å². The van der Waals surface area contributed by atoms with Crippen molar-refractivity contribution < 1.29 is 14.7 Å². The Balaban J connectivity index is 2.13. The van der Waals surface area contributed by atoms with Crippen molar-refractivity contribution in [3.63, 3.8) is 0 Å². The van der Waals surface area contributed by atoms with E-state index in [1.807, 2.05) is 42.8 Å². The number of hydroxylamine groups is 1. The number of methoxy groups -OCH3 is 1. The average molecular weight is 379 g/mol. The zero-order chi connectivity index (χ0) is 20.3. The van der Waals surface area contributed by atoms with E-state index in [4.69, 9.17) is 15.0 Å². The number of nitrogens with zero attached hydrogens (tertiary/aromatic N) is 2. The minimum Gasteiger partial charge on any atom is -0.497 e. The molecule has 0 aliphatic carbocycles. The van der Waals surface area contributed by atoms with Crippen LogP contribution in [0.3, 0.4) is 0 Å². The molecule has 3 aromatic rings. The normalized spacial score (nSPS) is 11.9. The molecule has 28 heavy (non-hydrogen) atoms. The van der Waals surface area contributed by atoms with Crippen LogP contribution >= 0.6 is 0 Å². The standard InChI is InChI=1S/C22H25N3O3/c1-14-5-7-17(8-6-14)22-16(3)21(15(2)13-20(26)24-27)23-25(22)18-9-11-19(28-4)12-10-18/h5-12,15,27H,13H2,1-4H3,(H,24,26). The third kappa shape index (κ3) is 3.92. The lowest BCUT2D eigenvalue weighted by Gasteiger charge is -2.10. The SMILES string of the molecule is COc1ccc(-n2nc(C(C)CC(=O)NO)c(C)c2-c2ccc(C)cc2)cc1. The molecule has 2 aromatic carbocycles. The summed E-state index contributed by atoms with van der Waals surface area (Å²) in [5.74, 6) is 0.205. The summed E-state index contributed by atoms with van der Waals surface area (Å²) in [6.45, 7) is 6.01. The Hall–Kier alpha value is -3.12. The Kier molecular flexibility index (Phi) is 5.80. The fraction of sp³-hybridized carbons (Fsp3) is 0.273. The van der Waals surface area contributed by atoms with E-state index < -0.39 is 5.91 Å². The fourth-order valence-corrected chi connectivity index (χ4v) is 3.36. The second kappa shape index (κ2) is 8.27. The Bertz CT molecular complexity index is 960. The molecule has 0 aliphatic heterocycles. The number of nitrogens with one attached hydrogen (secondary N) is 1. The summed E-state index contributed by atoms with van der Waals surface area (Å²) in [4.78, 5) is 11.6. The summed E-state index contributed by atoms with van der Waals surface area (Å²) in [7, 11) is 1.64. The van der Waals surface area contributed by atoms with E-state index in [1.54, 1.807) is 12.6 Å². The van der Waals surface area contributed by atoms with Crippen molar-refractivity contribution in [2.45, 2.75) is 33.1 Å². The molecule has 6 heteroatoms. The molecule has 1 heterocycles. The van der Waals surface area contributed by atoms with Crippen LogP contribution in [-0.4, -0.2) is 28.0 Å². The molecule has 0 aliphatic rings. The number of hydrogen-bond acceptors (Lipinski definition) is 4. The monoisotopic (exact) mass is 379 g/mol. The molecule has 1 atom stereocenters. The van der Waals surface area contributed by atoms with Gasteiger partial charge in [-0.15, -0.1) is 0 Å². The Morgan fingerprint density at radius 3 is 2.36 bits per heavy atom. The first-order chi connectivity index (χ1) is 13.4. The molecule has 1 amide bonds.